The highest BCUT2D eigenvalue weighted by atomic mass is 35.5. The highest BCUT2D eigenvalue weighted by molar-refractivity contribution is 6.32. The second-order valence-electron chi connectivity index (χ2n) is 7.46. The number of furan rings is 1. The van der Waals surface area contributed by atoms with Crippen LogP contribution in [0.3, 0.4) is 0 Å². The lowest BCUT2D eigenvalue weighted by Crippen LogP contribution is -2.29. The van der Waals surface area contributed by atoms with E-state index in [0.29, 0.717) is 33.1 Å². The fourth-order valence-electron chi connectivity index (χ4n) is 4.01. The van der Waals surface area contributed by atoms with E-state index < -0.39 is 6.04 Å². The summed E-state index contributed by atoms with van der Waals surface area (Å²) in [5.74, 6) is 0.972. The molecule has 0 spiro atoms. The van der Waals surface area contributed by atoms with Gasteiger partial charge in [-0.05, 0) is 54.4 Å². The van der Waals surface area contributed by atoms with Crippen molar-refractivity contribution in [3.8, 4) is 5.75 Å². The maximum Gasteiger partial charge on any atom is 0.291 e. The molecule has 1 atom stereocenters. The molecule has 156 valence electrons. The van der Waals surface area contributed by atoms with Crippen LogP contribution in [-0.4, -0.2) is 17.9 Å². The fourth-order valence-corrected chi connectivity index (χ4v) is 4.17. The molecule has 31 heavy (non-hydrogen) atoms. The van der Waals surface area contributed by atoms with E-state index in [1.54, 1.807) is 54.7 Å². The number of halogens is 1. The number of fused-ring (bicyclic) bond motifs is 2. The Bertz CT molecular complexity index is 1360. The van der Waals surface area contributed by atoms with Crippen LogP contribution in [-0.2, 0) is 6.54 Å². The maximum absolute atomic E-state index is 13.5. The topological polar surface area (TPSA) is 72.9 Å². The summed E-state index contributed by atoms with van der Waals surface area (Å²) in [5, 5.41) is 0.818. The van der Waals surface area contributed by atoms with Crippen LogP contribution in [0.1, 0.15) is 39.0 Å². The van der Waals surface area contributed by atoms with Gasteiger partial charge in [-0.1, -0.05) is 23.7 Å². The summed E-state index contributed by atoms with van der Waals surface area (Å²) >= 11 is 6.27. The van der Waals surface area contributed by atoms with Crippen molar-refractivity contribution in [3.05, 3.63) is 98.3 Å². The quantitative estimate of drug-likeness (QED) is 0.445. The Morgan fingerprint density at radius 2 is 1.90 bits per heavy atom. The number of carbonyl (C=O) groups is 1. The van der Waals surface area contributed by atoms with Crippen LogP contribution in [0.2, 0.25) is 5.02 Å². The van der Waals surface area contributed by atoms with Crippen LogP contribution >= 0.6 is 11.6 Å². The molecule has 1 unspecified atom stereocenters. The van der Waals surface area contributed by atoms with Gasteiger partial charge in [-0.3, -0.25) is 9.59 Å². The third-order valence-electron chi connectivity index (χ3n) is 5.58. The number of aryl methyl sites for hydroxylation is 1. The van der Waals surface area contributed by atoms with Crippen LogP contribution < -0.4 is 10.2 Å². The SMILES string of the molecule is COc1ccc(C2c3c(oc4cc(C)c(Cl)cc4c3=O)C(=O)N2Cc2ccco2)cc1. The Labute approximate surface area is 182 Å². The molecule has 0 N–H and O–H groups in total. The van der Waals surface area contributed by atoms with E-state index in [-0.39, 0.29) is 23.6 Å². The first-order chi connectivity index (χ1) is 15.0. The average molecular weight is 436 g/mol. The molecular formula is C24H18ClNO5. The average Bonchev–Trinajstić information content (AvgIpc) is 3.38. The van der Waals surface area contributed by atoms with Crippen molar-refractivity contribution < 1.29 is 18.4 Å². The minimum Gasteiger partial charge on any atom is -0.497 e. The number of hydrogen-bond donors (Lipinski definition) is 0. The zero-order chi connectivity index (χ0) is 21.7. The first-order valence-corrected chi connectivity index (χ1v) is 10.1. The molecule has 2 aromatic carbocycles. The Kier molecular flexibility index (Phi) is 4.59. The lowest BCUT2D eigenvalue weighted by atomic mass is 9.98. The van der Waals surface area contributed by atoms with Gasteiger partial charge in [-0.15, -0.1) is 0 Å². The van der Waals surface area contributed by atoms with E-state index in [1.165, 1.54) is 0 Å². The molecule has 0 aliphatic carbocycles. The molecule has 2 aromatic heterocycles. The van der Waals surface area contributed by atoms with E-state index >= 15 is 0 Å². The Morgan fingerprint density at radius 1 is 1.13 bits per heavy atom. The van der Waals surface area contributed by atoms with Crippen molar-refractivity contribution in [3.63, 3.8) is 0 Å². The van der Waals surface area contributed by atoms with Crippen molar-refractivity contribution in [1.29, 1.82) is 0 Å². The van der Waals surface area contributed by atoms with Gasteiger partial charge in [-0.2, -0.15) is 0 Å². The number of rotatable bonds is 4. The van der Waals surface area contributed by atoms with Gasteiger partial charge in [-0.25, -0.2) is 0 Å². The molecule has 0 saturated heterocycles. The minimum absolute atomic E-state index is 0.0478. The number of carbonyl (C=O) groups excluding carboxylic acids is 1. The van der Waals surface area contributed by atoms with Crippen LogP contribution in [0.15, 0.2) is 68.4 Å². The number of nitrogens with zero attached hydrogens (tertiary/aromatic N) is 1. The molecule has 1 aliphatic heterocycles. The van der Waals surface area contributed by atoms with Gasteiger partial charge in [0.15, 0.2) is 5.43 Å². The normalized spacial score (nSPS) is 15.5. The van der Waals surface area contributed by atoms with E-state index in [1.807, 2.05) is 19.1 Å². The predicted octanol–water partition coefficient (Wildman–Crippen LogP) is 5.10. The summed E-state index contributed by atoms with van der Waals surface area (Å²) in [6.07, 6.45) is 1.55. The summed E-state index contributed by atoms with van der Waals surface area (Å²) in [7, 11) is 1.58. The second kappa shape index (κ2) is 7.32. The summed E-state index contributed by atoms with van der Waals surface area (Å²) in [6.45, 7) is 2.02. The van der Waals surface area contributed by atoms with Gasteiger partial charge in [0.05, 0.1) is 36.9 Å². The Hall–Kier alpha value is -3.51. The maximum atomic E-state index is 13.5. The minimum atomic E-state index is -0.626. The molecule has 6 nitrogen and oxygen atoms in total. The lowest BCUT2D eigenvalue weighted by molar-refractivity contribution is 0.0701. The first-order valence-electron chi connectivity index (χ1n) is 9.72. The van der Waals surface area contributed by atoms with Crippen molar-refractivity contribution in [2.24, 2.45) is 0 Å². The van der Waals surface area contributed by atoms with Crippen LogP contribution in [0.25, 0.3) is 11.0 Å². The van der Waals surface area contributed by atoms with Gasteiger partial charge in [0.1, 0.15) is 17.1 Å². The molecule has 1 aliphatic rings. The molecule has 3 heterocycles. The molecule has 0 radical (unpaired) electrons. The van der Waals surface area contributed by atoms with Crippen molar-refractivity contribution in [2.45, 2.75) is 19.5 Å². The van der Waals surface area contributed by atoms with Crippen molar-refractivity contribution in [2.75, 3.05) is 7.11 Å². The smallest absolute Gasteiger partial charge is 0.291 e. The van der Waals surface area contributed by atoms with Crippen molar-refractivity contribution in [1.82, 2.24) is 4.90 Å². The lowest BCUT2D eigenvalue weighted by Gasteiger charge is -2.24. The zero-order valence-corrected chi connectivity index (χ0v) is 17.6. The second-order valence-corrected chi connectivity index (χ2v) is 7.87. The molecule has 0 fully saturated rings. The zero-order valence-electron chi connectivity index (χ0n) is 16.8. The molecule has 0 bridgehead atoms. The van der Waals surface area contributed by atoms with E-state index in [9.17, 15) is 9.59 Å². The standard InChI is InChI=1S/C24H18ClNO5/c1-13-10-19-17(11-18(13)25)22(27)20-21(14-5-7-15(29-2)8-6-14)26(24(28)23(20)31-19)12-16-4-3-9-30-16/h3-11,21H,12H2,1-2H3. The predicted molar refractivity (Wildman–Crippen MR) is 116 cm³/mol. The third kappa shape index (κ3) is 3.11. The monoisotopic (exact) mass is 435 g/mol. The van der Waals surface area contributed by atoms with Gasteiger partial charge in [0.2, 0.25) is 5.76 Å². The van der Waals surface area contributed by atoms with Gasteiger partial charge < -0.3 is 18.5 Å². The molecule has 7 heteroatoms. The summed E-state index contributed by atoms with van der Waals surface area (Å²) in [5.41, 5.74) is 1.90. The molecular weight excluding hydrogens is 418 g/mol. The number of methoxy groups -OCH3 is 1. The fraction of sp³-hybridized carbons (Fsp3) is 0.167. The number of amides is 1. The Balaban J connectivity index is 1.74. The molecule has 5 rings (SSSR count). The summed E-state index contributed by atoms with van der Waals surface area (Å²) in [4.78, 5) is 28.5. The molecule has 1 amide bonds. The molecule has 0 saturated carbocycles. The number of hydrogen-bond acceptors (Lipinski definition) is 5. The third-order valence-corrected chi connectivity index (χ3v) is 5.99. The van der Waals surface area contributed by atoms with Crippen LogP contribution in [0.5, 0.6) is 5.75 Å². The number of benzene rings is 2. The largest absolute Gasteiger partial charge is 0.497 e. The van der Waals surface area contributed by atoms with Crippen LogP contribution in [0.4, 0.5) is 0 Å². The van der Waals surface area contributed by atoms with Crippen molar-refractivity contribution >= 4 is 28.5 Å². The van der Waals surface area contributed by atoms with E-state index in [0.717, 1.165) is 11.1 Å². The molecule has 4 aromatic rings. The highest BCUT2D eigenvalue weighted by Gasteiger charge is 2.43. The number of ether oxygens (including phenoxy) is 1. The van der Waals surface area contributed by atoms with Crippen LogP contribution in [0, 0.1) is 6.92 Å². The van der Waals surface area contributed by atoms with Gasteiger partial charge >= 0.3 is 0 Å². The van der Waals surface area contributed by atoms with Gasteiger partial charge in [0.25, 0.3) is 5.91 Å². The first kappa shape index (κ1) is 19.5. The summed E-state index contributed by atoms with van der Waals surface area (Å²) < 4.78 is 16.7. The Morgan fingerprint density at radius 3 is 2.58 bits per heavy atom. The summed E-state index contributed by atoms with van der Waals surface area (Å²) in [6, 6.07) is 13.5. The van der Waals surface area contributed by atoms with E-state index in [4.69, 9.17) is 25.2 Å². The van der Waals surface area contributed by atoms with E-state index in [2.05, 4.69) is 0 Å². The highest BCUT2D eigenvalue weighted by Crippen LogP contribution is 2.40. The van der Waals surface area contributed by atoms with Gasteiger partial charge in [0, 0.05) is 5.02 Å².